The fourth-order valence-corrected chi connectivity index (χ4v) is 3.34. The number of likely N-dealkylation sites (tertiary alicyclic amines) is 1. The summed E-state index contributed by atoms with van der Waals surface area (Å²) in [6.45, 7) is 3.79. The predicted octanol–water partition coefficient (Wildman–Crippen LogP) is 1.43. The van der Waals surface area contributed by atoms with Crippen LogP contribution in [0.25, 0.3) is 0 Å². The molecule has 2 aliphatic rings. The van der Waals surface area contributed by atoms with Crippen molar-refractivity contribution in [2.75, 3.05) is 13.1 Å². The molecule has 1 saturated carbocycles. The van der Waals surface area contributed by atoms with Gasteiger partial charge in [-0.1, -0.05) is 25.1 Å². The molecule has 2 fully saturated rings. The summed E-state index contributed by atoms with van der Waals surface area (Å²) in [6, 6.07) is 0.323. The van der Waals surface area contributed by atoms with E-state index in [2.05, 4.69) is 10.2 Å². The van der Waals surface area contributed by atoms with Crippen LogP contribution in [-0.2, 0) is 4.79 Å². The van der Waals surface area contributed by atoms with Crippen LogP contribution in [0.3, 0.4) is 0 Å². The fraction of sp³-hybridized carbons (Fsp3) is 0.857. The maximum absolute atomic E-state index is 12.3. The molecule has 19 heavy (non-hydrogen) atoms. The Labute approximate surface area is 121 Å². The zero-order valence-corrected chi connectivity index (χ0v) is 12.5. The van der Waals surface area contributed by atoms with Crippen molar-refractivity contribution in [2.24, 2.45) is 11.7 Å². The summed E-state index contributed by atoms with van der Waals surface area (Å²) in [4.78, 5) is 15.1. The van der Waals surface area contributed by atoms with Gasteiger partial charge in [0.25, 0.3) is 0 Å². The average molecular weight is 283 g/mol. The number of hydrogen-bond donors (Lipinski definition) is 2. The standard InChI is InChI=1S/C14H25N3OS/c1-10(14(18)16-12-6-2-3-7-12)17-8-4-5-11(9-17)13(15)19/h10-12H,2-9H2,1H3,(H2,15,19)(H,16,18). The number of nitrogens with zero attached hydrogens (tertiary/aromatic N) is 1. The van der Waals surface area contributed by atoms with Gasteiger partial charge in [-0.15, -0.1) is 0 Å². The summed E-state index contributed by atoms with van der Waals surface area (Å²) in [5.74, 6) is 0.431. The van der Waals surface area contributed by atoms with Crippen LogP contribution in [0.1, 0.15) is 45.4 Å². The van der Waals surface area contributed by atoms with E-state index >= 15 is 0 Å². The van der Waals surface area contributed by atoms with Crippen LogP contribution in [-0.4, -0.2) is 41.0 Å². The first-order valence-electron chi connectivity index (χ1n) is 7.41. The van der Waals surface area contributed by atoms with E-state index in [1.165, 1.54) is 12.8 Å². The van der Waals surface area contributed by atoms with E-state index in [4.69, 9.17) is 18.0 Å². The highest BCUT2D eigenvalue weighted by Gasteiger charge is 2.29. The van der Waals surface area contributed by atoms with Crippen molar-refractivity contribution in [3.63, 3.8) is 0 Å². The number of nitrogens with two attached hydrogens (primary N) is 1. The molecule has 0 aromatic rings. The molecule has 0 radical (unpaired) electrons. The van der Waals surface area contributed by atoms with Gasteiger partial charge < -0.3 is 11.1 Å². The van der Waals surface area contributed by atoms with Crippen LogP contribution in [0, 0.1) is 5.92 Å². The van der Waals surface area contributed by atoms with E-state index in [0.717, 1.165) is 38.8 Å². The first-order valence-corrected chi connectivity index (χ1v) is 7.82. The number of hydrogen-bond acceptors (Lipinski definition) is 3. The highest BCUT2D eigenvalue weighted by atomic mass is 32.1. The minimum Gasteiger partial charge on any atom is -0.393 e. The molecule has 2 atom stereocenters. The van der Waals surface area contributed by atoms with E-state index in [1.807, 2.05) is 6.92 Å². The Balaban J connectivity index is 1.85. The molecule has 0 spiro atoms. The lowest BCUT2D eigenvalue weighted by atomic mass is 9.97. The van der Waals surface area contributed by atoms with E-state index in [9.17, 15) is 4.79 Å². The Bertz CT molecular complexity index is 342. The number of nitrogens with one attached hydrogen (secondary N) is 1. The van der Waals surface area contributed by atoms with Gasteiger partial charge in [-0.2, -0.15) is 0 Å². The zero-order chi connectivity index (χ0) is 13.8. The smallest absolute Gasteiger partial charge is 0.237 e. The van der Waals surface area contributed by atoms with Crippen molar-refractivity contribution >= 4 is 23.1 Å². The molecular formula is C14H25N3OS. The fourth-order valence-electron chi connectivity index (χ4n) is 3.15. The Morgan fingerprint density at radius 2 is 2.00 bits per heavy atom. The third-order valence-corrected chi connectivity index (χ3v) is 4.82. The monoisotopic (exact) mass is 283 g/mol. The molecule has 0 aromatic heterocycles. The van der Waals surface area contributed by atoms with Crippen molar-refractivity contribution in [3.8, 4) is 0 Å². The molecule has 3 N–H and O–H groups in total. The molecule has 1 aliphatic carbocycles. The Morgan fingerprint density at radius 1 is 1.32 bits per heavy atom. The zero-order valence-electron chi connectivity index (χ0n) is 11.7. The normalized spacial score (nSPS) is 27.1. The third-order valence-electron chi connectivity index (χ3n) is 4.48. The molecule has 108 valence electrons. The molecule has 2 rings (SSSR count). The van der Waals surface area contributed by atoms with Gasteiger partial charge in [0.2, 0.25) is 5.91 Å². The molecule has 0 aromatic carbocycles. The number of carbonyl (C=O) groups is 1. The summed E-state index contributed by atoms with van der Waals surface area (Å²) >= 11 is 5.09. The summed E-state index contributed by atoms with van der Waals surface area (Å²) < 4.78 is 0. The first-order chi connectivity index (χ1) is 9.08. The predicted molar refractivity (Wildman–Crippen MR) is 80.9 cm³/mol. The van der Waals surface area contributed by atoms with E-state index < -0.39 is 0 Å². The largest absolute Gasteiger partial charge is 0.393 e. The second kappa shape index (κ2) is 6.66. The number of piperidine rings is 1. The Kier molecular flexibility index (Phi) is 5.16. The Hall–Kier alpha value is -0.680. The van der Waals surface area contributed by atoms with Crippen LogP contribution < -0.4 is 11.1 Å². The molecule has 5 heteroatoms. The molecule has 2 unspecified atom stereocenters. The van der Waals surface area contributed by atoms with Crippen molar-refractivity contribution < 1.29 is 4.79 Å². The van der Waals surface area contributed by atoms with Crippen LogP contribution >= 0.6 is 12.2 Å². The second-order valence-corrected chi connectivity index (χ2v) is 6.37. The highest BCUT2D eigenvalue weighted by Crippen LogP contribution is 2.20. The van der Waals surface area contributed by atoms with E-state index in [0.29, 0.717) is 11.0 Å². The number of amides is 1. The van der Waals surface area contributed by atoms with Gasteiger partial charge in [0.15, 0.2) is 0 Å². The summed E-state index contributed by atoms with van der Waals surface area (Å²) in [6.07, 6.45) is 6.88. The number of carbonyl (C=O) groups excluding carboxylic acids is 1. The van der Waals surface area contributed by atoms with Gasteiger partial charge >= 0.3 is 0 Å². The molecule has 1 heterocycles. The van der Waals surface area contributed by atoms with Gasteiger partial charge in [0.05, 0.1) is 11.0 Å². The molecule has 1 aliphatic heterocycles. The minimum atomic E-state index is -0.0715. The number of thiocarbonyl (C=S) groups is 1. The Morgan fingerprint density at radius 3 is 2.63 bits per heavy atom. The van der Waals surface area contributed by atoms with Gasteiger partial charge in [0.1, 0.15) is 0 Å². The van der Waals surface area contributed by atoms with Crippen molar-refractivity contribution in [3.05, 3.63) is 0 Å². The lowest BCUT2D eigenvalue weighted by Crippen LogP contribution is -2.52. The third kappa shape index (κ3) is 3.89. The SMILES string of the molecule is CC(C(=O)NC1CCCC1)N1CCCC(C(N)=S)C1. The van der Waals surface area contributed by atoms with Crippen LogP contribution in [0.4, 0.5) is 0 Å². The van der Waals surface area contributed by atoms with Crippen molar-refractivity contribution in [1.29, 1.82) is 0 Å². The molecule has 1 saturated heterocycles. The summed E-state index contributed by atoms with van der Waals surface area (Å²) in [7, 11) is 0. The lowest BCUT2D eigenvalue weighted by Gasteiger charge is -2.36. The van der Waals surface area contributed by atoms with Crippen molar-refractivity contribution in [1.82, 2.24) is 10.2 Å². The van der Waals surface area contributed by atoms with E-state index in [-0.39, 0.29) is 17.9 Å². The van der Waals surface area contributed by atoms with Crippen molar-refractivity contribution in [2.45, 2.75) is 57.5 Å². The summed E-state index contributed by atoms with van der Waals surface area (Å²) in [5, 5.41) is 3.18. The lowest BCUT2D eigenvalue weighted by molar-refractivity contribution is -0.127. The van der Waals surface area contributed by atoms with Gasteiger partial charge in [-0.25, -0.2) is 0 Å². The first kappa shape index (κ1) is 14.7. The van der Waals surface area contributed by atoms with Gasteiger partial charge in [-0.05, 0) is 39.2 Å². The second-order valence-electron chi connectivity index (χ2n) is 5.90. The van der Waals surface area contributed by atoms with E-state index in [1.54, 1.807) is 0 Å². The number of rotatable bonds is 4. The summed E-state index contributed by atoms with van der Waals surface area (Å²) in [5.41, 5.74) is 5.74. The highest BCUT2D eigenvalue weighted by molar-refractivity contribution is 7.80. The van der Waals surface area contributed by atoms with Crippen LogP contribution in [0.5, 0.6) is 0 Å². The topological polar surface area (TPSA) is 58.4 Å². The quantitative estimate of drug-likeness (QED) is 0.766. The molecule has 1 amide bonds. The minimum absolute atomic E-state index is 0.0715. The molecule has 0 bridgehead atoms. The van der Waals surface area contributed by atoms with Crippen LogP contribution in [0.2, 0.25) is 0 Å². The van der Waals surface area contributed by atoms with Gasteiger partial charge in [0, 0.05) is 18.5 Å². The maximum atomic E-state index is 12.3. The average Bonchev–Trinajstić information content (AvgIpc) is 2.90. The van der Waals surface area contributed by atoms with Crippen LogP contribution in [0.15, 0.2) is 0 Å². The van der Waals surface area contributed by atoms with Gasteiger partial charge in [-0.3, -0.25) is 9.69 Å². The molecular weight excluding hydrogens is 258 g/mol. The maximum Gasteiger partial charge on any atom is 0.237 e. The molecule has 4 nitrogen and oxygen atoms in total.